The van der Waals surface area contributed by atoms with Crippen LogP contribution in [-0.2, 0) is 0 Å². The molecular weight excluding hydrogens is 172 g/mol. The predicted octanol–water partition coefficient (Wildman–Crippen LogP) is 1.85. The highest BCUT2D eigenvalue weighted by Gasteiger charge is 2.43. The van der Waals surface area contributed by atoms with Gasteiger partial charge in [0, 0.05) is 18.6 Å². The monoisotopic (exact) mass is 196 g/mol. The first kappa shape index (κ1) is 10.4. The zero-order valence-electron chi connectivity index (χ0n) is 9.63. The highest BCUT2D eigenvalue weighted by Crippen LogP contribution is 2.40. The molecule has 1 heterocycles. The van der Waals surface area contributed by atoms with Gasteiger partial charge in [-0.3, -0.25) is 4.90 Å². The topological polar surface area (TPSA) is 29.3 Å². The molecule has 3 atom stereocenters. The Kier molecular flexibility index (Phi) is 2.85. The van der Waals surface area contributed by atoms with Gasteiger partial charge in [0.25, 0.3) is 0 Å². The van der Waals surface area contributed by atoms with Crippen LogP contribution in [0.4, 0.5) is 0 Å². The van der Waals surface area contributed by atoms with Crippen molar-refractivity contribution in [3.05, 3.63) is 0 Å². The first-order valence-corrected chi connectivity index (χ1v) is 6.11. The molecular formula is C12H24N2. The third-order valence-electron chi connectivity index (χ3n) is 4.31. The van der Waals surface area contributed by atoms with Gasteiger partial charge in [-0.15, -0.1) is 0 Å². The molecule has 2 fully saturated rings. The number of nitrogens with two attached hydrogens (primary N) is 1. The van der Waals surface area contributed by atoms with Gasteiger partial charge < -0.3 is 5.73 Å². The van der Waals surface area contributed by atoms with Gasteiger partial charge in [0.05, 0.1) is 0 Å². The second kappa shape index (κ2) is 3.82. The fourth-order valence-electron chi connectivity index (χ4n) is 3.34. The van der Waals surface area contributed by atoms with Crippen LogP contribution in [0.1, 0.15) is 39.5 Å². The van der Waals surface area contributed by atoms with Crippen LogP contribution in [-0.4, -0.2) is 30.1 Å². The van der Waals surface area contributed by atoms with E-state index in [0.29, 0.717) is 5.54 Å². The molecule has 82 valence electrons. The largest absolute Gasteiger partial charge is 0.329 e. The van der Waals surface area contributed by atoms with Crippen LogP contribution in [0.3, 0.4) is 0 Å². The van der Waals surface area contributed by atoms with Gasteiger partial charge >= 0.3 is 0 Å². The van der Waals surface area contributed by atoms with Crippen LogP contribution >= 0.6 is 0 Å². The van der Waals surface area contributed by atoms with Crippen LogP contribution < -0.4 is 5.73 Å². The fraction of sp³-hybridized carbons (Fsp3) is 1.00. The lowest BCUT2D eigenvalue weighted by Gasteiger charge is -2.38. The minimum Gasteiger partial charge on any atom is -0.329 e. The van der Waals surface area contributed by atoms with E-state index < -0.39 is 0 Å². The highest BCUT2D eigenvalue weighted by atomic mass is 15.2. The zero-order chi connectivity index (χ0) is 10.2. The maximum atomic E-state index is 6.01. The molecule has 2 rings (SSSR count). The summed E-state index contributed by atoms with van der Waals surface area (Å²) >= 11 is 0. The molecule has 3 unspecified atom stereocenters. The van der Waals surface area contributed by atoms with Crippen LogP contribution in [0.5, 0.6) is 0 Å². The van der Waals surface area contributed by atoms with E-state index in [1.807, 2.05) is 0 Å². The zero-order valence-corrected chi connectivity index (χ0v) is 9.63. The Balaban J connectivity index is 2.05. The van der Waals surface area contributed by atoms with E-state index in [2.05, 4.69) is 18.7 Å². The van der Waals surface area contributed by atoms with Gasteiger partial charge in [0.15, 0.2) is 0 Å². The summed E-state index contributed by atoms with van der Waals surface area (Å²) in [6.07, 6.45) is 5.41. The van der Waals surface area contributed by atoms with E-state index in [-0.39, 0.29) is 0 Å². The normalized spacial score (nSPS) is 44.8. The Morgan fingerprint density at radius 3 is 2.50 bits per heavy atom. The summed E-state index contributed by atoms with van der Waals surface area (Å²) in [6, 6.07) is 0. The summed E-state index contributed by atoms with van der Waals surface area (Å²) in [5, 5.41) is 0. The standard InChI is InChI=1S/C12H24N2/c1-10-3-5-12(7-10,9-13)14-6-4-11(2)8-14/h10-11H,3-9,13H2,1-2H3. The molecule has 2 N–H and O–H groups in total. The van der Waals surface area contributed by atoms with Crippen molar-refractivity contribution in [3.63, 3.8) is 0 Å². The van der Waals surface area contributed by atoms with E-state index in [4.69, 9.17) is 5.73 Å². The van der Waals surface area contributed by atoms with E-state index >= 15 is 0 Å². The number of hydrogen-bond donors (Lipinski definition) is 1. The Morgan fingerprint density at radius 1 is 1.29 bits per heavy atom. The summed E-state index contributed by atoms with van der Waals surface area (Å²) in [5.74, 6) is 1.77. The number of likely N-dealkylation sites (tertiary alicyclic amines) is 1. The van der Waals surface area contributed by atoms with Gasteiger partial charge in [-0.1, -0.05) is 13.8 Å². The maximum Gasteiger partial charge on any atom is 0.0334 e. The lowest BCUT2D eigenvalue weighted by Crippen LogP contribution is -2.51. The molecule has 0 aromatic heterocycles. The van der Waals surface area contributed by atoms with Crippen molar-refractivity contribution < 1.29 is 0 Å². The van der Waals surface area contributed by atoms with Crippen LogP contribution in [0.25, 0.3) is 0 Å². The molecule has 0 spiro atoms. The van der Waals surface area contributed by atoms with E-state index in [1.165, 1.54) is 38.8 Å². The molecule has 1 aliphatic carbocycles. The lowest BCUT2D eigenvalue weighted by atomic mass is 9.94. The number of nitrogens with zero attached hydrogens (tertiary/aromatic N) is 1. The molecule has 0 radical (unpaired) electrons. The second-order valence-corrected chi connectivity index (χ2v) is 5.62. The average molecular weight is 196 g/mol. The second-order valence-electron chi connectivity index (χ2n) is 5.62. The maximum absolute atomic E-state index is 6.01. The van der Waals surface area contributed by atoms with Crippen molar-refractivity contribution in [2.24, 2.45) is 17.6 Å². The first-order valence-electron chi connectivity index (χ1n) is 6.11. The van der Waals surface area contributed by atoms with Crippen molar-refractivity contribution in [1.82, 2.24) is 4.90 Å². The SMILES string of the molecule is CC1CCN(C2(CN)CCC(C)C2)C1. The minimum atomic E-state index is 0.379. The van der Waals surface area contributed by atoms with Gasteiger partial charge in [0.2, 0.25) is 0 Å². The van der Waals surface area contributed by atoms with Crippen molar-refractivity contribution in [2.45, 2.75) is 45.1 Å². The number of rotatable bonds is 2. The molecule has 2 heteroatoms. The van der Waals surface area contributed by atoms with Gasteiger partial charge in [-0.25, -0.2) is 0 Å². The Bertz CT molecular complexity index is 204. The van der Waals surface area contributed by atoms with Crippen LogP contribution in [0.15, 0.2) is 0 Å². The van der Waals surface area contributed by atoms with Crippen LogP contribution in [0, 0.1) is 11.8 Å². The van der Waals surface area contributed by atoms with E-state index in [0.717, 1.165) is 18.4 Å². The highest BCUT2D eigenvalue weighted by molar-refractivity contribution is 5.00. The summed E-state index contributed by atoms with van der Waals surface area (Å²) in [5.41, 5.74) is 6.39. The number of hydrogen-bond acceptors (Lipinski definition) is 2. The van der Waals surface area contributed by atoms with E-state index in [9.17, 15) is 0 Å². The van der Waals surface area contributed by atoms with E-state index in [1.54, 1.807) is 0 Å². The molecule has 1 saturated carbocycles. The van der Waals surface area contributed by atoms with Crippen molar-refractivity contribution in [2.75, 3.05) is 19.6 Å². The molecule has 1 saturated heterocycles. The minimum absolute atomic E-state index is 0.379. The summed E-state index contributed by atoms with van der Waals surface area (Å²) in [4.78, 5) is 2.68. The third-order valence-corrected chi connectivity index (χ3v) is 4.31. The van der Waals surface area contributed by atoms with Crippen molar-refractivity contribution >= 4 is 0 Å². The Morgan fingerprint density at radius 2 is 2.07 bits per heavy atom. The molecule has 0 amide bonds. The summed E-state index contributed by atoms with van der Waals surface area (Å²) in [7, 11) is 0. The predicted molar refractivity (Wildman–Crippen MR) is 60.2 cm³/mol. The Labute approximate surface area is 87.8 Å². The fourth-order valence-corrected chi connectivity index (χ4v) is 3.34. The quantitative estimate of drug-likeness (QED) is 0.730. The van der Waals surface area contributed by atoms with Gasteiger partial charge in [-0.05, 0) is 44.1 Å². The first-order chi connectivity index (χ1) is 6.66. The summed E-state index contributed by atoms with van der Waals surface area (Å²) in [6.45, 7) is 8.17. The molecule has 0 aromatic carbocycles. The molecule has 1 aliphatic heterocycles. The van der Waals surface area contributed by atoms with Gasteiger partial charge in [-0.2, -0.15) is 0 Å². The molecule has 2 aliphatic rings. The molecule has 2 nitrogen and oxygen atoms in total. The molecule has 14 heavy (non-hydrogen) atoms. The molecule has 0 aromatic rings. The smallest absolute Gasteiger partial charge is 0.0334 e. The third kappa shape index (κ3) is 1.70. The Hall–Kier alpha value is -0.0800. The lowest BCUT2D eigenvalue weighted by molar-refractivity contribution is 0.122. The van der Waals surface area contributed by atoms with Crippen molar-refractivity contribution in [3.8, 4) is 0 Å². The summed E-state index contributed by atoms with van der Waals surface area (Å²) < 4.78 is 0. The van der Waals surface area contributed by atoms with Gasteiger partial charge in [0.1, 0.15) is 0 Å². The average Bonchev–Trinajstić information content (AvgIpc) is 2.73. The molecule has 0 bridgehead atoms. The van der Waals surface area contributed by atoms with Crippen molar-refractivity contribution in [1.29, 1.82) is 0 Å². The van der Waals surface area contributed by atoms with Crippen LogP contribution in [0.2, 0.25) is 0 Å².